The molecule has 3 rings (SSSR count). The molecule has 248 valence electrons. The van der Waals surface area contributed by atoms with Gasteiger partial charge in [0.15, 0.2) is 0 Å². The molecule has 0 aliphatic heterocycles. The summed E-state index contributed by atoms with van der Waals surface area (Å²) in [6.45, 7) is 16.0. The van der Waals surface area contributed by atoms with Crippen LogP contribution in [0.4, 0.5) is 13.2 Å². The first-order valence-electron chi connectivity index (χ1n) is 15.8. The monoisotopic (exact) mass is 643 g/mol. The fourth-order valence-electron chi connectivity index (χ4n) is 6.07. The van der Waals surface area contributed by atoms with Gasteiger partial charge in [-0.05, 0) is 106 Å². The van der Waals surface area contributed by atoms with Crippen molar-refractivity contribution in [3.05, 3.63) is 90.5 Å². The van der Waals surface area contributed by atoms with E-state index in [2.05, 4.69) is 31.6 Å². The molecular formula is C36H50ClF3LiNO3-2. The quantitative estimate of drug-likeness (QED) is 0.123. The summed E-state index contributed by atoms with van der Waals surface area (Å²) < 4.78 is 48.1. The topological polar surface area (TPSA) is 38.8 Å². The van der Waals surface area contributed by atoms with Crippen LogP contribution >= 0.6 is 11.6 Å². The molecule has 1 aliphatic carbocycles. The number of likely N-dealkylation sites (N-methyl/N-ethyl adjacent to an activating group) is 1. The van der Waals surface area contributed by atoms with E-state index in [0.29, 0.717) is 37.3 Å². The Hall–Kier alpha value is -1.49. The maximum atomic E-state index is 13.4. The van der Waals surface area contributed by atoms with Crippen LogP contribution in [0.15, 0.2) is 42.5 Å². The van der Waals surface area contributed by atoms with Gasteiger partial charge in [0.05, 0.1) is 12.7 Å². The Morgan fingerprint density at radius 2 is 1.67 bits per heavy atom. The number of unbranched alkanes of at least 4 members (excludes halogenated alkanes) is 2. The molecule has 1 unspecified atom stereocenters. The molecular weight excluding hydrogens is 594 g/mol. The third-order valence-electron chi connectivity index (χ3n) is 8.19. The van der Waals surface area contributed by atoms with Gasteiger partial charge in [0.1, 0.15) is 6.04 Å². The van der Waals surface area contributed by atoms with Crippen LogP contribution in [0.1, 0.15) is 111 Å². The van der Waals surface area contributed by atoms with E-state index in [1.807, 2.05) is 55.3 Å². The Morgan fingerprint density at radius 1 is 1.02 bits per heavy atom. The second-order valence-electron chi connectivity index (χ2n) is 11.5. The molecule has 2 aromatic carbocycles. The van der Waals surface area contributed by atoms with Crippen LogP contribution in [0.2, 0.25) is 5.02 Å². The van der Waals surface area contributed by atoms with Gasteiger partial charge in [-0.2, -0.15) is 19.3 Å². The summed E-state index contributed by atoms with van der Waals surface area (Å²) in [4.78, 5) is 15.4. The zero-order valence-electron chi connectivity index (χ0n) is 27.6. The molecule has 2 atom stereocenters. The van der Waals surface area contributed by atoms with Crippen molar-refractivity contribution < 1.29 is 46.3 Å². The molecule has 1 saturated carbocycles. The summed E-state index contributed by atoms with van der Waals surface area (Å²) in [5, 5.41) is 0.694. The molecule has 0 radical (unpaired) electrons. The van der Waals surface area contributed by atoms with Gasteiger partial charge in [0.2, 0.25) is 0 Å². The van der Waals surface area contributed by atoms with Crippen molar-refractivity contribution in [1.82, 2.24) is 4.90 Å². The molecule has 4 nitrogen and oxygen atoms in total. The Morgan fingerprint density at radius 3 is 2.20 bits per heavy atom. The second kappa shape index (κ2) is 21.4. The number of carbonyl (C=O) groups excluding carboxylic acids is 1. The number of aryl methyl sites for hydroxylation is 1. The van der Waals surface area contributed by atoms with Gasteiger partial charge in [-0.3, -0.25) is 9.64 Å². The second-order valence-corrected chi connectivity index (χ2v) is 11.9. The smallest absolute Gasteiger partial charge is 0.465 e. The Labute approximate surface area is 286 Å². The van der Waals surface area contributed by atoms with E-state index in [4.69, 9.17) is 16.3 Å². The first-order valence-corrected chi connectivity index (χ1v) is 16.2. The van der Waals surface area contributed by atoms with Crippen molar-refractivity contribution >= 4 is 17.6 Å². The summed E-state index contributed by atoms with van der Waals surface area (Å²) >= 11 is 6.25. The first kappa shape index (κ1) is 41.5. The van der Waals surface area contributed by atoms with Gasteiger partial charge >= 0.3 is 31.2 Å². The van der Waals surface area contributed by atoms with Gasteiger partial charge in [-0.25, -0.2) is 4.79 Å². The number of carbonyl (C=O) groups is 1. The molecule has 0 N–H and O–H groups in total. The first-order chi connectivity index (χ1) is 20.9. The van der Waals surface area contributed by atoms with E-state index >= 15 is 0 Å². The van der Waals surface area contributed by atoms with Crippen molar-refractivity contribution in [3.8, 4) is 0 Å². The van der Waals surface area contributed by atoms with Crippen LogP contribution in [0.25, 0.3) is 0 Å². The van der Waals surface area contributed by atoms with Crippen molar-refractivity contribution in [2.45, 2.75) is 108 Å². The van der Waals surface area contributed by atoms with Gasteiger partial charge in [0.25, 0.3) is 0 Å². The molecule has 0 aromatic heterocycles. The number of ether oxygens (including phenoxy) is 2. The predicted octanol–water partition coefficient (Wildman–Crippen LogP) is 7.36. The van der Waals surface area contributed by atoms with E-state index in [1.165, 1.54) is 6.42 Å². The van der Waals surface area contributed by atoms with Crippen LogP contribution in [-0.4, -0.2) is 43.5 Å². The predicted molar refractivity (Wildman–Crippen MR) is 173 cm³/mol. The molecule has 45 heavy (non-hydrogen) atoms. The summed E-state index contributed by atoms with van der Waals surface area (Å²) in [6.07, 6.45) is 2.05. The van der Waals surface area contributed by atoms with E-state index in [-0.39, 0.29) is 43.3 Å². The third-order valence-corrected chi connectivity index (χ3v) is 8.42. The Bertz CT molecular complexity index is 1120. The van der Waals surface area contributed by atoms with Crippen LogP contribution in [0.3, 0.4) is 0 Å². The molecule has 0 amide bonds. The van der Waals surface area contributed by atoms with Gasteiger partial charge in [-0.1, -0.05) is 48.4 Å². The SMILES string of the molecule is [CH2-]CCC[CH2-].[CH2-]CC[C@@H](CCN(C)C(C(=O)OCC)c1cccc(C)c1C1CCC(OC(F)(F)F)CC1)c1cccc(Cl)c1.[Li+]. The normalized spacial score (nSPS) is 17.9. The van der Waals surface area contributed by atoms with Gasteiger partial charge in [-0.15, -0.1) is 19.6 Å². The Kier molecular flexibility index (Phi) is 19.7. The molecule has 1 fully saturated rings. The molecule has 0 bridgehead atoms. The van der Waals surface area contributed by atoms with E-state index in [9.17, 15) is 18.0 Å². The maximum Gasteiger partial charge on any atom is 1.00 e. The number of alkyl halides is 3. The molecule has 1 aliphatic rings. The number of hydrogen-bond acceptors (Lipinski definition) is 4. The Balaban J connectivity index is 0.00000156. The minimum Gasteiger partial charge on any atom is -0.465 e. The van der Waals surface area contributed by atoms with Crippen molar-refractivity contribution in [2.75, 3.05) is 20.2 Å². The number of benzene rings is 2. The largest absolute Gasteiger partial charge is 1.00 e. The van der Waals surface area contributed by atoms with Crippen molar-refractivity contribution in [1.29, 1.82) is 0 Å². The number of nitrogens with zero attached hydrogens (tertiary/aromatic N) is 1. The van der Waals surface area contributed by atoms with E-state index in [0.717, 1.165) is 54.4 Å². The van der Waals surface area contributed by atoms with Crippen LogP contribution in [0, 0.1) is 27.7 Å². The average Bonchev–Trinajstić information content (AvgIpc) is 2.96. The van der Waals surface area contributed by atoms with E-state index < -0.39 is 18.5 Å². The maximum absolute atomic E-state index is 13.4. The fraction of sp³-hybridized carbons (Fsp3) is 0.556. The number of halogens is 4. The van der Waals surface area contributed by atoms with E-state index in [1.54, 1.807) is 6.92 Å². The standard InChI is InChI=1S/C31H40ClF3NO3.C5H10.Li/c1-5-9-22(24-11-8-12-25(32)20-24)18-19-36(4)29(30(37)38-6-2)27-13-7-10-21(3)28(27)23-14-16-26(17-15-23)39-31(33,34)35;1-3-5-4-2;/h7-8,10-13,20,22-23,26,29H,1,5-6,9,14-19H2,2-4H3;1-5H2;/q-1;-2;+1/t22-,23?,26?,29?;;/m0../s1. The minimum absolute atomic E-state index is 0. The summed E-state index contributed by atoms with van der Waals surface area (Å²) in [5.74, 6) is -0.0326. The van der Waals surface area contributed by atoms with Crippen molar-refractivity contribution in [2.24, 2.45) is 0 Å². The molecule has 0 heterocycles. The molecule has 0 saturated heterocycles. The van der Waals surface area contributed by atoms with Crippen LogP contribution in [-0.2, 0) is 14.3 Å². The number of hydrogen-bond donors (Lipinski definition) is 0. The molecule has 9 heteroatoms. The van der Waals surface area contributed by atoms with Gasteiger partial charge in [0, 0.05) is 5.02 Å². The summed E-state index contributed by atoms with van der Waals surface area (Å²) in [6, 6.07) is 13.2. The number of esters is 1. The number of rotatable bonds is 14. The minimum atomic E-state index is -4.63. The van der Waals surface area contributed by atoms with Crippen LogP contribution < -0.4 is 18.9 Å². The summed E-state index contributed by atoms with van der Waals surface area (Å²) in [7, 11) is 1.93. The average molecular weight is 644 g/mol. The van der Waals surface area contributed by atoms with Gasteiger partial charge < -0.3 is 25.5 Å². The van der Waals surface area contributed by atoms with Crippen molar-refractivity contribution in [3.63, 3.8) is 0 Å². The zero-order valence-corrected chi connectivity index (χ0v) is 28.4. The fourth-order valence-corrected chi connectivity index (χ4v) is 6.27. The summed E-state index contributed by atoms with van der Waals surface area (Å²) in [5.41, 5.74) is 4.09. The zero-order chi connectivity index (χ0) is 32.7. The van der Waals surface area contributed by atoms with Crippen LogP contribution in [0.5, 0.6) is 0 Å². The molecule has 2 aromatic rings. The molecule has 0 spiro atoms. The third kappa shape index (κ3) is 14.0.